The number of esters is 1. The number of cyclic esters (lactones) is 1. The topological polar surface area (TPSA) is 66.8 Å². The largest absolute Gasteiger partial charge is 0.461 e. The maximum absolute atomic E-state index is 11.3. The van der Waals surface area contributed by atoms with Gasteiger partial charge in [0.25, 0.3) is 0 Å². The zero-order valence-electron chi connectivity index (χ0n) is 8.06. The summed E-state index contributed by atoms with van der Waals surface area (Å²) >= 11 is 0. The highest BCUT2D eigenvalue weighted by atomic mass is 16.5. The molecule has 0 aromatic rings. The van der Waals surface area contributed by atoms with Crippen LogP contribution in [0.15, 0.2) is 11.1 Å². The van der Waals surface area contributed by atoms with E-state index in [0.717, 1.165) is 11.1 Å². The monoisotopic (exact) mass is 198 g/mol. The lowest BCUT2D eigenvalue weighted by Gasteiger charge is -2.30. The van der Waals surface area contributed by atoms with Gasteiger partial charge in [-0.2, -0.15) is 0 Å². The normalized spacial score (nSPS) is 37.1. The summed E-state index contributed by atoms with van der Waals surface area (Å²) in [6.45, 7) is 1.96. The fourth-order valence-electron chi connectivity index (χ4n) is 2.41. The van der Waals surface area contributed by atoms with Gasteiger partial charge in [-0.1, -0.05) is 5.57 Å². The van der Waals surface area contributed by atoms with Crippen LogP contribution in [0.5, 0.6) is 0 Å². The van der Waals surface area contributed by atoms with Gasteiger partial charge in [-0.15, -0.1) is 0 Å². The quantitative estimate of drug-likeness (QED) is 0.454. The number of aliphatic hydroxyl groups is 2. The van der Waals surface area contributed by atoms with E-state index in [1.54, 1.807) is 0 Å². The SMILES string of the molecule is CC1=C2COC(=O)[C@H](CO)[C@H]2[C@H](O)C1. The van der Waals surface area contributed by atoms with Crippen LogP contribution in [0.25, 0.3) is 0 Å². The third kappa shape index (κ3) is 1.26. The van der Waals surface area contributed by atoms with Crippen molar-refractivity contribution in [3.63, 3.8) is 0 Å². The average Bonchev–Trinajstić information content (AvgIpc) is 2.43. The van der Waals surface area contributed by atoms with E-state index in [1.165, 1.54) is 0 Å². The number of hydrogen-bond acceptors (Lipinski definition) is 4. The van der Waals surface area contributed by atoms with Gasteiger partial charge in [-0.25, -0.2) is 0 Å². The molecule has 1 saturated heterocycles. The molecule has 0 aromatic heterocycles. The van der Waals surface area contributed by atoms with E-state index in [4.69, 9.17) is 9.84 Å². The minimum absolute atomic E-state index is 0.221. The second-order valence-electron chi connectivity index (χ2n) is 4.00. The van der Waals surface area contributed by atoms with Crippen molar-refractivity contribution in [3.05, 3.63) is 11.1 Å². The lowest BCUT2D eigenvalue weighted by Crippen LogP contribution is -2.40. The Kier molecular flexibility index (Phi) is 2.33. The lowest BCUT2D eigenvalue weighted by molar-refractivity contribution is -0.156. The standard InChI is InChI=1S/C10H14O4/c1-5-2-8(12)9-6(3-11)10(13)14-4-7(5)9/h6,8-9,11-12H,2-4H2,1H3/t6-,8-,9-/m1/s1. The van der Waals surface area contributed by atoms with Gasteiger partial charge in [0.05, 0.1) is 18.6 Å². The fourth-order valence-corrected chi connectivity index (χ4v) is 2.41. The smallest absolute Gasteiger partial charge is 0.312 e. The lowest BCUT2D eigenvalue weighted by atomic mass is 9.84. The fraction of sp³-hybridized carbons (Fsp3) is 0.700. The van der Waals surface area contributed by atoms with Crippen molar-refractivity contribution in [2.75, 3.05) is 13.2 Å². The van der Waals surface area contributed by atoms with E-state index in [9.17, 15) is 9.90 Å². The molecule has 1 fully saturated rings. The van der Waals surface area contributed by atoms with Crippen LogP contribution in [0.4, 0.5) is 0 Å². The summed E-state index contributed by atoms with van der Waals surface area (Å²) in [4.78, 5) is 11.3. The van der Waals surface area contributed by atoms with E-state index in [0.29, 0.717) is 6.42 Å². The van der Waals surface area contributed by atoms with Crippen molar-refractivity contribution in [1.82, 2.24) is 0 Å². The van der Waals surface area contributed by atoms with E-state index >= 15 is 0 Å². The number of fused-ring (bicyclic) bond motifs is 1. The summed E-state index contributed by atoms with van der Waals surface area (Å²) in [5.74, 6) is -1.19. The van der Waals surface area contributed by atoms with Crippen LogP contribution in [0.1, 0.15) is 13.3 Å². The van der Waals surface area contributed by atoms with Crippen molar-refractivity contribution in [3.8, 4) is 0 Å². The summed E-state index contributed by atoms with van der Waals surface area (Å²) in [7, 11) is 0. The zero-order valence-corrected chi connectivity index (χ0v) is 8.06. The molecule has 4 heteroatoms. The first kappa shape index (κ1) is 9.68. The second kappa shape index (κ2) is 3.37. The summed E-state index contributed by atoms with van der Waals surface area (Å²) in [6.07, 6.45) is 0.0580. The number of aliphatic hydroxyl groups excluding tert-OH is 2. The zero-order chi connectivity index (χ0) is 10.3. The molecule has 1 aliphatic heterocycles. The molecule has 0 bridgehead atoms. The molecular weight excluding hydrogens is 184 g/mol. The van der Waals surface area contributed by atoms with Gasteiger partial charge < -0.3 is 14.9 Å². The Hall–Kier alpha value is -0.870. The maximum Gasteiger partial charge on any atom is 0.312 e. The second-order valence-corrected chi connectivity index (χ2v) is 4.00. The van der Waals surface area contributed by atoms with E-state index < -0.39 is 18.0 Å². The molecule has 3 atom stereocenters. The Morgan fingerprint density at radius 3 is 2.93 bits per heavy atom. The van der Waals surface area contributed by atoms with Crippen molar-refractivity contribution >= 4 is 5.97 Å². The molecule has 78 valence electrons. The third-order valence-corrected chi connectivity index (χ3v) is 3.18. The minimum Gasteiger partial charge on any atom is -0.461 e. The number of rotatable bonds is 1. The van der Waals surface area contributed by atoms with Gasteiger partial charge >= 0.3 is 5.97 Å². The Morgan fingerprint density at radius 1 is 1.57 bits per heavy atom. The van der Waals surface area contributed by atoms with Crippen molar-refractivity contribution < 1.29 is 19.7 Å². The van der Waals surface area contributed by atoms with Crippen LogP contribution < -0.4 is 0 Å². The Balaban J connectivity index is 2.31. The molecule has 1 heterocycles. The molecule has 0 saturated carbocycles. The first-order valence-electron chi connectivity index (χ1n) is 4.79. The molecular formula is C10H14O4. The Bertz CT molecular complexity index is 294. The van der Waals surface area contributed by atoms with E-state index in [1.807, 2.05) is 6.92 Å². The molecule has 2 aliphatic rings. The van der Waals surface area contributed by atoms with Crippen LogP contribution in [0.3, 0.4) is 0 Å². The molecule has 14 heavy (non-hydrogen) atoms. The van der Waals surface area contributed by atoms with E-state index in [2.05, 4.69) is 0 Å². The van der Waals surface area contributed by atoms with Gasteiger partial charge in [0.1, 0.15) is 6.61 Å². The highest BCUT2D eigenvalue weighted by molar-refractivity contribution is 5.75. The molecule has 4 nitrogen and oxygen atoms in total. The summed E-state index contributed by atoms with van der Waals surface area (Å²) in [5, 5.41) is 18.8. The van der Waals surface area contributed by atoms with Crippen molar-refractivity contribution in [2.45, 2.75) is 19.4 Å². The van der Waals surface area contributed by atoms with E-state index in [-0.39, 0.29) is 19.1 Å². The third-order valence-electron chi connectivity index (χ3n) is 3.18. The molecule has 0 spiro atoms. The molecule has 1 aliphatic carbocycles. The predicted molar refractivity (Wildman–Crippen MR) is 48.3 cm³/mol. The first-order chi connectivity index (χ1) is 6.65. The number of ether oxygens (including phenoxy) is 1. The molecule has 2 N–H and O–H groups in total. The molecule has 0 unspecified atom stereocenters. The first-order valence-corrected chi connectivity index (χ1v) is 4.79. The Morgan fingerprint density at radius 2 is 2.29 bits per heavy atom. The molecule has 0 radical (unpaired) electrons. The summed E-state index contributed by atoms with van der Waals surface area (Å²) in [6, 6.07) is 0. The molecule has 0 aromatic carbocycles. The van der Waals surface area contributed by atoms with Gasteiger partial charge in [0.15, 0.2) is 0 Å². The highest BCUT2D eigenvalue weighted by Crippen LogP contribution is 2.40. The van der Waals surface area contributed by atoms with Crippen molar-refractivity contribution in [1.29, 1.82) is 0 Å². The average molecular weight is 198 g/mol. The van der Waals surface area contributed by atoms with Crippen molar-refractivity contribution in [2.24, 2.45) is 11.8 Å². The van der Waals surface area contributed by atoms with Gasteiger partial charge in [-0.05, 0) is 18.9 Å². The van der Waals surface area contributed by atoms with Crippen LogP contribution in [-0.4, -0.2) is 35.5 Å². The summed E-state index contributed by atoms with van der Waals surface area (Å²) < 4.78 is 4.95. The number of carbonyl (C=O) groups is 1. The Labute approximate surface area is 82.2 Å². The van der Waals surface area contributed by atoms with Gasteiger partial charge in [0, 0.05) is 5.92 Å². The van der Waals surface area contributed by atoms with Gasteiger partial charge in [-0.3, -0.25) is 4.79 Å². The molecule has 2 rings (SSSR count). The highest BCUT2D eigenvalue weighted by Gasteiger charge is 2.44. The van der Waals surface area contributed by atoms with Crippen LogP contribution in [0.2, 0.25) is 0 Å². The van der Waals surface area contributed by atoms with Crippen LogP contribution >= 0.6 is 0 Å². The number of carbonyl (C=O) groups excluding carboxylic acids is 1. The molecule has 0 amide bonds. The summed E-state index contributed by atoms with van der Waals surface area (Å²) in [5.41, 5.74) is 2.09. The van der Waals surface area contributed by atoms with Gasteiger partial charge in [0.2, 0.25) is 0 Å². The van der Waals surface area contributed by atoms with Crippen LogP contribution in [0, 0.1) is 11.8 Å². The van der Waals surface area contributed by atoms with Crippen LogP contribution in [-0.2, 0) is 9.53 Å². The predicted octanol–water partition coefficient (Wildman–Crippen LogP) is -0.151. The minimum atomic E-state index is -0.578. The number of hydrogen-bond donors (Lipinski definition) is 2. The maximum atomic E-state index is 11.3.